The Morgan fingerprint density at radius 3 is 2.33 bits per heavy atom. The van der Waals surface area contributed by atoms with Crippen molar-refractivity contribution in [3.05, 3.63) is 48.0 Å². The summed E-state index contributed by atoms with van der Waals surface area (Å²) >= 11 is 0. The number of rotatable bonds is 5. The highest BCUT2D eigenvalue weighted by atomic mass is 19.4. The van der Waals surface area contributed by atoms with Gasteiger partial charge in [0, 0.05) is 19.7 Å². The van der Waals surface area contributed by atoms with Gasteiger partial charge in [-0.3, -0.25) is 9.59 Å². The third-order valence-electron chi connectivity index (χ3n) is 4.66. The molecule has 3 rings (SSSR count). The van der Waals surface area contributed by atoms with Gasteiger partial charge in [-0.2, -0.15) is 13.2 Å². The van der Waals surface area contributed by atoms with Crippen LogP contribution in [0.15, 0.2) is 42.5 Å². The number of ether oxygens (including phenoxy) is 2. The molecule has 1 fully saturated rings. The number of halogens is 3. The molecule has 2 aromatic rings. The molecule has 1 heterocycles. The fourth-order valence-corrected chi connectivity index (χ4v) is 3.03. The first-order valence-electron chi connectivity index (χ1n) is 8.87. The van der Waals surface area contributed by atoms with E-state index in [1.165, 1.54) is 49.4 Å². The molecule has 10 heteroatoms. The van der Waals surface area contributed by atoms with Gasteiger partial charge in [-0.05, 0) is 36.4 Å². The van der Waals surface area contributed by atoms with Crippen molar-refractivity contribution in [2.75, 3.05) is 26.0 Å². The highest BCUT2D eigenvalue weighted by Gasteiger charge is 2.41. The van der Waals surface area contributed by atoms with Crippen molar-refractivity contribution in [3.8, 4) is 17.2 Å². The Morgan fingerprint density at radius 1 is 1.17 bits per heavy atom. The highest BCUT2D eigenvalue weighted by Crippen LogP contribution is 2.34. The Morgan fingerprint density at radius 2 is 1.80 bits per heavy atom. The lowest BCUT2D eigenvalue weighted by atomic mass is 10.1. The summed E-state index contributed by atoms with van der Waals surface area (Å²) in [6.07, 6.45) is -5.89. The maximum Gasteiger partial charge on any atom is 0.416 e. The van der Waals surface area contributed by atoms with E-state index in [2.05, 4.69) is 5.32 Å². The zero-order valence-corrected chi connectivity index (χ0v) is 16.1. The Hall–Kier alpha value is -3.27. The summed E-state index contributed by atoms with van der Waals surface area (Å²) in [4.78, 5) is 25.5. The lowest BCUT2D eigenvalue weighted by molar-refractivity contribution is -0.137. The Balaban J connectivity index is 1.77. The molecule has 0 bridgehead atoms. The molecule has 0 aliphatic carbocycles. The van der Waals surface area contributed by atoms with Gasteiger partial charge in [0.2, 0.25) is 5.91 Å². The van der Waals surface area contributed by atoms with Gasteiger partial charge in [0.15, 0.2) is 0 Å². The van der Waals surface area contributed by atoms with Gasteiger partial charge in [0.1, 0.15) is 23.4 Å². The number of alkyl halides is 3. The second-order valence-corrected chi connectivity index (χ2v) is 6.75. The number of benzene rings is 2. The standard InChI is InChI=1S/C20H19F3N2O5/c1-25-10-14(17(26)19(25)28)18(27)24-15-9-13(7-8-16(15)29-2)30-12-5-3-11(4-6-12)20(21,22)23/h3-9,14,17,26H,10H2,1-2H3,(H,24,27). The minimum Gasteiger partial charge on any atom is -0.495 e. The van der Waals surface area contributed by atoms with E-state index in [-0.39, 0.29) is 23.7 Å². The molecule has 0 saturated carbocycles. The van der Waals surface area contributed by atoms with Gasteiger partial charge >= 0.3 is 6.18 Å². The number of carbonyl (C=O) groups excluding carboxylic acids is 2. The van der Waals surface area contributed by atoms with Crippen molar-refractivity contribution >= 4 is 17.5 Å². The minimum absolute atomic E-state index is 0.0654. The van der Waals surface area contributed by atoms with Crippen molar-refractivity contribution in [1.29, 1.82) is 0 Å². The van der Waals surface area contributed by atoms with Gasteiger partial charge in [-0.25, -0.2) is 0 Å². The van der Waals surface area contributed by atoms with Crippen LogP contribution < -0.4 is 14.8 Å². The summed E-state index contributed by atoms with van der Waals surface area (Å²) in [6, 6.07) is 8.63. The predicted molar refractivity (Wildman–Crippen MR) is 100 cm³/mol. The summed E-state index contributed by atoms with van der Waals surface area (Å²) in [5.74, 6) is -1.36. The van der Waals surface area contributed by atoms with E-state index in [9.17, 15) is 27.9 Å². The van der Waals surface area contributed by atoms with Crippen LogP contribution in [0.4, 0.5) is 18.9 Å². The minimum atomic E-state index is -4.45. The fourth-order valence-electron chi connectivity index (χ4n) is 3.03. The molecule has 160 valence electrons. The number of likely N-dealkylation sites (tertiary alicyclic amines) is 1. The van der Waals surface area contributed by atoms with E-state index in [0.29, 0.717) is 5.75 Å². The summed E-state index contributed by atoms with van der Waals surface area (Å²) in [5, 5.41) is 12.5. The van der Waals surface area contributed by atoms with Gasteiger partial charge in [-0.1, -0.05) is 0 Å². The molecule has 2 N–H and O–H groups in total. The first-order valence-corrected chi connectivity index (χ1v) is 8.87. The van der Waals surface area contributed by atoms with E-state index in [1.807, 2.05) is 0 Å². The summed E-state index contributed by atoms with van der Waals surface area (Å²) in [5.41, 5.74) is -0.576. The number of hydrogen-bond donors (Lipinski definition) is 2. The lowest BCUT2D eigenvalue weighted by Crippen LogP contribution is -2.33. The summed E-state index contributed by atoms with van der Waals surface area (Å²) < 4.78 is 48.8. The molecule has 1 aliphatic rings. The molecule has 7 nitrogen and oxygen atoms in total. The molecule has 2 unspecified atom stereocenters. The second-order valence-electron chi connectivity index (χ2n) is 6.75. The van der Waals surface area contributed by atoms with Crippen LogP contribution in [0.5, 0.6) is 17.2 Å². The van der Waals surface area contributed by atoms with Crippen LogP contribution >= 0.6 is 0 Å². The van der Waals surface area contributed by atoms with E-state index in [1.54, 1.807) is 0 Å². The maximum atomic E-state index is 12.7. The SMILES string of the molecule is COc1ccc(Oc2ccc(C(F)(F)F)cc2)cc1NC(=O)C1CN(C)C(=O)C1O. The number of amides is 2. The number of nitrogens with one attached hydrogen (secondary N) is 1. The predicted octanol–water partition coefficient (Wildman–Crippen LogP) is 2.89. The third kappa shape index (κ3) is 4.48. The number of nitrogens with zero attached hydrogens (tertiary/aromatic N) is 1. The Bertz CT molecular complexity index is 946. The quantitative estimate of drug-likeness (QED) is 0.771. The largest absolute Gasteiger partial charge is 0.495 e. The number of anilines is 1. The normalized spacial score (nSPS) is 19.0. The number of aliphatic hydroxyl groups is 1. The number of aliphatic hydroxyl groups excluding tert-OH is 1. The molecular formula is C20H19F3N2O5. The number of methoxy groups -OCH3 is 1. The van der Waals surface area contributed by atoms with E-state index in [0.717, 1.165) is 12.1 Å². The molecule has 1 aliphatic heterocycles. The van der Waals surface area contributed by atoms with Crippen LogP contribution in [0, 0.1) is 5.92 Å². The van der Waals surface area contributed by atoms with Crippen molar-refractivity contribution in [2.24, 2.45) is 5.92 Å². The van der Waals surface area contributed by atoms with Crippen LogP contribution in [0.25, 0.3) is 0 Å². The van der Waals surface area contributed by atoms with Gasteiger partial charge < -0.3 is 24.8 Å². The topological polar surface area (TPSA) is 88.1 Å². The smallest absolute Gasteiger partial charge is 0.416 e. The Kier molecular flexibility index (Phi) is 5.88. The first kappa shape index (κ1) is 21.4. The van der Waals surface area contributed by atoms with Crippen molar-refractivity contribution in [2.45, 2.75) is 12.3 Å². The van der Waals surface area contributed by atoms with Crippen LogP contribution in [0.3, 0.4) is 0 Å². The number of likely N-dealkylation sites (N-methyl/N-ethyl adjacent to an activating group) is 1. The second kappa shape index (κ2) is 8.23. The van der Waals surface area contributed by atoms with Crippen LogP contribution in [-0.2, 0) is 15.8 Å². The van der Waals surface area contributed by atoms with Gasteiger partial charge in [-0.15, -0.1) is 0 Å². The highest BCUT2D eigenvalue weighted by molar-refractivity contribution is 6.00. The summed E-state index contributed by atoms with van der Waals surface area (Å²) in [6.45, 7) is 0.0654. The third-order valence-corrected chi connectivity index (χ3v) is 4.66. The zero-order chi connectivity index (χ0) is 22.1. The first-order chi connectivity index (χ1) is 14.1. The van der Waals surface area contributed by atoms with E-state index in [4.69, 9.17) is 9.47 Å². The van der Waals surface area contributed by atoms with Crippen molar-refractivity contribution in [3.63, 3.8) is 0 Å². The Labute approximate surface area is 170 Å². The molecular weight excluding hydrogens is 405 g/mol. The number of hydrogen-bond acceptors (Lipinski definition) is 5. The van der Waals surface area contributed by atoms with E-state index < -0.39 is 35.6 Å². The monoisotopic (exact) mass is 424 g/mol. The molecule has 0 aromatic heterocycles. The molecule has 2 amide bonds. The molecule has 2 atom stereocenters. The molecule has 0 radical (unpaired) electrons. The molecule has 0 spiro atoms. The average molecular weight is 424 g/mol. The maximum absolute atomic E-state index is 12.7. The van der Waals surface area contributed by atoms with Crippen molar-refractivity contribution in [1.82, 2.24) is 4.90 Å². The zero-order valence-electron chi connectivity index (χ0n) is 16.1. The lowest BCUT2D eigenvalue weighted by Gasteiger charge is -2.16. The van der Waals surface area contributed by atoms with Gasteiger partial charge in [0.05, 0.1) is 24.3 Å². The van der Waals surface area contributed by atoms with Crippen LogP contribution in [-0.4, -0.2) is 48.6 Å². The molecule has 2 aromatic carbocycles. The van der Waals surface area contributed by atoms with Gasteiger partial charge in [0.25, 0.3) is 5.91 Å². The molecule has 30 heavy (non-hydrogen) atoms. The molecule has 1 saturated heterocycles. The van der Waals surface area contributed by atoms with Crippen LogP contribution in [0.1, 0.15) is 5.56 Å². The van der Waals surface area contributed by atoms with E-state index >= 15 is 0 Å². The summed E-state index contributed by atoms with van der Waals surface area (Å²) in [7, 11) is 2.88. The fraction of sp³-hybridized carbons (Fsp3) is 0.300. The number of carbonyl (C=O) groups is 2. The van der Waals surface area contributed by atoms with Crippen molar-refractivity contribution < 1.29 is 37.3 Å². The average Bonchev–Trinajstić information content (AvgIpc) is 2.95. The van der Waals surface area contributed by atoms with Crippen LogP contribution in [0.2, 0.25) is 0 Å².